The van der Waals surface area contributed by atoms with Crippen LogP contribution in [-0.4, -0.2) is 49.7 Å². The number of esters is 1. The Kier molecular flexibility index (Phi) is 11.9. The Balaban J connectivity index is 1.88. The number of anilines is 1. The van der Waals surface area contributed by atoms with E-state index in [0.717, 1.165) is 11.1 Å². The van der Waals surface area contributed by atoms with Gasteiger partial charge in [-0.2, -0.15) is 0 Å². The number of hydrogen-bond donors (Lipinski definition) is 4. The van der Waals surface area contributed by atoms with E-state index in [1.54, 1.807) is 36.4 Å². The zero-order chi connectivity index (χ0) is 36.9. The van der Waals surface area contributed by atoms with Gasteiger partial charge in [0.1, 0.15) is 5.84 Å². The molecule has 264 valence electrons. The summed E-state index contributed by atoms with van der Waals surface area (Å²) in [5, 5.41) is 13.6. The Morgan fingerprint density at radius 2 is 1.34 bits per heavy atom. The lowest BCUT2D eigenvalue weighted by Gasteiger charge is -2.44. The van der Waals surface area contributed by atoms with E-state index in [0.29, 0.717) is 56.7 Å². The van der Waals surface area contributed by atoms with E-state index >= 15 is 0 Å². The first kappa shape index (κ1) is 37.8. The molecule has 4 rings (SSSR count). The number of hydrogen-bond acceptors (Lipinski definition) is 5. The Morgan fingerprint density at radius 1 is 0.760 bits per heavy atom. The lowest BCUT2D eigenvalue weighted by Crippen LogP contribution is -2.51. The second-order valence-electron chi connectivity index (χ2n) is 14.2. The first-order valence-corrected chi connectivity index (χ1v) is 19.4. The predicted molar refractivity (Wildman–Crippen MR) is 206 cm³/mol. The van der Waals surface area contributed by atoms with Crippen molar-refractivity contribution in [3.05, 3.63) is 101 Å². The van der Waals surface area contributed by atoms with Crippen LogP contribution in [0.3, 0.4) is 0 Å². The van der Waals surface area contributed by atoms with Crippen LogP contribution in [0, 0.1) is 11.3 Å². The van der Waals surface area contributed by atoms with Gasteiger partial charge in [0.15, 0.2) is 8.24 Å². The number of carbonyl (C=O) groups is 3. The number of nitrogen functional groups attached to an aromatic ring is 1. The molecule has 0 unspecified atom stereocenters. The minimum atomic E-state index is -2.00. The molecule has 0 fully saturated rings. The molecule has 2 amide bonds. The highest BCUT2D eigenvalue weighted by Crippen LogP contribution is 2.43. The van der Waals surface area contributed by atoms with Crippen molar-refractivity contribution in [1.29, 1.82) is 5.41 Å². The lowest BCUT2D eigenvalue weighted by atomic mass is 9.91. The molecule has 0 spiro atoms. The number of aromatic nitrogens is 1. The van der Waals surface area contributed by atoms with Gasteiger partial charge in [0, 0.05) is 35.1 Å². The van der Waals surface area contributed by atoms with Crippen LogP contribution < -0.4 is 16.4 Å². The first-order chi connectivity index (χ1) is 23.6. The van der Waals surface area contributed by atoms with E-state index in [1.165, 1.54) is 13.2 Å². The van der Waals surface area contributed by atoms with Crippen molar-refractivity contribution in [2.75, 3.05) is 19.0 Å². The minimum absolute atomic E-state index is 0.0686. The first-order valence-electron chi connectivity index (χ1n) is 17.2. The van der Waals surface area contributed by atoms with Crippen LogP contribution in [0.1, 0.15) is 92.0 Å². The molecular weight excluding hydrogens is 643 g/mol. The van der Waals surface area contributed by atoms with Crippen LogP contribution >= 0.6 is 0 Å². The summed E-state index contributed by atoms with van der Waals surface area (Å²) in [6.45, 7) is 18.4. The fraction of sp³-hybridized carbons (Fsp3) is 0.350. The number of ether oxygens (including phenoxy) is 1. The van der Waals surface area contributed by atoms with Crippen molar-refractivity contribution < 1.29 is 19.1 Å². The van der Waals surface area contributed by atoms with Gasteiger partial charge in [0.05, 0.1) is 12.7 Å². The molecule has 10 heteroatoms. The SMILES string of the molecule is COC(=O)c1cc(C(=O)NCC(C)C)ccc1-c1ccc(-c2ccn([Si](C(C)C)(C(C)C)C(C)C)c2)cc1C(=O)Nc1ccc(C(=N)N)cc1. The Bertz CT molecular complexity index is 1850. The molecule has 4 aromatic rings. The third-order valence-electron chi connectivity index (χ3n) is 9.61. The summed E-state index contributed by atoms with van der Waals surface area (Å²) in [5.74, 6) is -1.12. The number of amidine groups is 1. The second-order valence-corrected chi connectivity index (χ2v) is 20.0. The van der Waals surface area contributed by atoms with Crippen LogP contribution in [0.4, 0.5) is 5.69 Å². The molecule has 5 N–H and O–H groups in total. The number of benzene rings is 3. The Morgan fingerprint density at radius 3 is 1.90 bits per heavy atom. The van der Waals surface area contributed by atoms with Crippen molar-refractivity contribution >= 4 is 37.5 Å². The van der Waals surface area contributed by atoms with Crippen LogP contribution in [0.5, 0.6) is 0 Å². The van der Waals surface area contributed by atoms with Gasteiger partial charge in [-0.15, -0.1) is 0 Å². The van der Waals surface area contributed by atoms with Gasteiger partial charge < -0.3 is 25.3 Å². The van der Waals surface area contributed by atoms with Gasteiger partial charge >= 0.3 is 5.97 Å². The maximum Gasteiger partial charge on any atom is 0.338 e. The molecule has 1 heterocycles. The van der Waals surface area contributed by atoms with Gasteiger partial charge in [0.25, 0.3) is 11.8 Å². The fourth-order valence-corrected chi connectivity index (χ4v) is 13.9. The van der Waals surface area contributed by atoms with Gasteiger partial charge in [-0.3, -0.25) is 15.0 Å². The summed E-state index contributed by atoms with van der Waals surface area (Å²) in [5.41, 5.74) is 11.9. The maximum absolute atomic E-state index is 14.2. The Labute approximate surface area is 297 Å². The van der Waals surface area contributed by atoms with Gasteiger partial charge in [-0.25, -0.2) is 4.79 Å². The van der Waals surface area contributed by atoms with Gasteiger partial charge in [-0.05, 0) is 99.5 Å². The second kappa shape index (κ2) is 15.7. The summed E-state index contributed by atoms with van der Waals surface area (Å²) in [4.78, 5) is 40.3. The number of carbonyl (C=O) groups excluding carboxylic acids is 3. The van der Waals surface area contributed by atoms with E-state index in [1.807, 2.05) is 32.0 Å². The van der Waals surface area contributed by atoms with Crippen molar-refractivity contribution in [1.82, 2.24) is 9.55 Å². The van der Waals surface area contributed by atoms with E-state index in [9.17, 15) is 14.4 Å². The van der Waals surface area contributed by atoms with E-state index < -0.39 is 14.2 Å². The highest BCUT2D eigenvalue weighted by molar-refractivity contribution is 6.82. The highest BCUT2D eigenvalue weighted by atomic mass is 28.3. The molecule has 0 aliphatic rings. The average Bonchev–Trinajstić information content (AvgIpc) is 3.56. The van der Waals surface area contributed by atoms with Crippen LogP contribution in [0.25, 0.3) is 22.3 Å². The molecule has 3 aromatic carbocycles. The van der Waals surface area contributed by atoms with Crippen molar-refractivity contribution in [3.63, 3.8) is 0 Å². The topological polar surface area (TPSA) is 139 Å². The molecule has 50 heavy (non-hydrogen) atoms. The number of nitrogens with zero attached hydrogens (tertiary/aromatic N) is 1. The summed E-state index contributed by atoms with van der Waals surface area (Å²) >= 11 is 0. The molecule has 0 bridgehead atoms. The molecule has 0 saturated heterocycles. The maximum atomic E-state index is 14.2. The predicted octanol–water partition coefficient (Wildman–Crippen LogP) is 8.55. The number of rotatable bonds is 13. The van der Waals surface area contributed by atoms with Crippen LogP contribution in [-0.2, 0) is 4.74 Å². The standard InChI is InChI=1S/C40H51N5O4Si/c1-24(2)22-43-38(46)30-13-17-34(36(21-30)40(48)49-9)33-16-12-29(20-35(33)39(47)44-32-14-10-28(11-15-32)37(41)42)31-18-19-45(23-31)50(25(3)4,26(5)6)27(7)8/h10-21,23-27H,22H2,1-9H3,(H3,41,42)(H,43,46)(H,44,47). The van der Waals surface area contributed by atoms with E-state index in [4.69, 9.17) is 15.9 Å². The molecule has 0 atom stereocenters. The number of amides is 2. The smallest absolute Gasteiger partial charge is 0.338 e. The molecule has 0 aliphatic carbocycles. The Hall–Kier alpha value is -4.96. The molecule has 9 nitrogen and oxygen atoms in total. The van der Waals surface area contributed by atoms with Gasteiger partial charge in [-0.1, -0.05) is 73.6 Å². The summed E-state index contributed by atoms with van der Waals surface area (Å²) in [6, 6.07) is 19.3. The number of methoxy groups -OCH3 is 1. The molecule has 0 radical (unpaired) electrons. The number of nitrogens with two attached hydrogens (primary N) is 1. The third-order valence-corrected chi connectivity index (χ3v) is 16.3. The molecule has 1 aromatic heterocycles. The average molecular weight is 694 g/mol. The van der Waals surface area contributed by atoms with Crippen molar-refractivity contribution in [3.8, 4) is 22.3 Å². The summed E-state index contributed by atoms with van der Waals surface area (Å²) < 4.78 is 7.61. The largest absolute Gasteiger partial charge is 0.465 e. The fourth-order valence-electron chi connectivity index (χ4n) is 7.38. The summed E-state index contributed by atoms with van der Waals surface area (Å²) in [7, 11) is -0.711. The zero-order valence-electron chi connectivity index (χ0n) is 30.7. The summed E-state index contributed by atoms with van der Waals surface area (Å²) in [6.07, 6.45) is 4.40. The molecular formula is C40H51N5O4Si. The van der Waals surface area contributed by atoms with Crippen LogP contribution in [0.15, 0.2) is 79.1 Å². The van der Waals surface area contributed by atoms with Crippen molar-refractivity contribution in [2.24, 2.45) is 11.7 Å². The highest BCUT2D eigenvalue weighted by Gasteiger charge is 2.45. The van der Waals surface area contributed by atoms with E-state index in [-0.39, 0.29) is 29.1 Å². The zero-order valence-corrected chi connectivity index (χ0v) is 31.7. The lowest BCUT2D eigenvalue weighted by molar-refractivity contribution is 0.0601. The van der Waals surface area contributed by atoms with Crippen LogP contribution in [0.2, 0.25) is 16.6 Å². The van der Waals surface area contributed by atoms with Crippen molar-refractivity contribution in [2.45, 2.75) is 72.0 Å². The third kappa shape index (κ3) is 7.75. The number of nitrogens with one attached hydrogen (secondary N) is 3. The normalized spacial score (nSPS) is 11.7. The van der Waals surface area contributed by atoms with Gasteiger partial charge in [0.2, 0.25) is 0 Å². The quantitative estimate of drug-likeness (QED) is 0.0481. The minimum Gasteiger partial charge on any atom is -0.465 e. The van der Waals surface area contributed by atoms with E-state index in [2.05, 4.69) is 74.9 Å². The monoisotopic (exact) mass is 693 g/mol. The molecule has 0 aliphatic heterocycles. The molecule has 0 saturated carbocycles.